The number of benzene rings is 2. The summed E-state index contributed by atoms with van der Waals surface area (Å²) in [5, 5.41) is 0.914. The molecular formula is C21H20BrN3O. The van der Waals surface area contributed by atoms with Crippen molar-refractivity contribution in [2.45, 2.75) is 0 Å². The lowest BCUT2D eigenvalue weighted by Crippen LogP contribution is -2.47. The number of piperazine rings is 1. The molecule has 0 spiro atoms. The first kappa shape index (κ1) is 17.2. The maximum absolute atomic E-state index is 13.2. The number of carbonyl (C=O) groups is 1. The molecule has 1 aliphatic rings. The Bertz CT molecular complexity index is 947. The van der Waals surface area contributed by atoms with Crippen molar-refractivity contribution in [2.24, 2.45) is 0 Å². The number of fused-ring (bicyclic) bond motifs is 1. The average Bonchev–Trinajstić information content (AvgIpc) is 2.68. The lowest BCUT2D eigenvalue weighted by molar-refractivity contribution is 0.0666. The quantitative estimate of drug-likeness (QED) is 0.640. The van der Waals surface area contributed by atoms with E-state index in [1.165, 1.54) is 0 Å². The smallest absolute Gasteiger partial charge is 0.254 e. The molecule has 0 unspecified atom stereocenters. The Hall–Kier alpha value is -2.24. The van der Waals surface area contributed by atoms with Gasteiger partial charge in [0, 0.05) is 41.6 Å². The Morgan fingerprint density at radius 1 is 1.00 bits per heavy atom. The van der Waals surface area contributed by atoms with Crippen molar-refractivity contribution in [3.8, 4) is 11.3 Å². The third kappa shape index (κ3) is 3.37. The first-order valence-corrected chi connectivity index (χ1v) is 9.55. The summed E-state index contributed by atoms with van der Waals surface area (Å²) in [7, 11) is 2.09. The maximum Gasteiger partial charge on any atom is 0.254 e. The third-order valence-corrected chi connectivity index (χ3v) is 5.41. The van der Waals surface area contributed by atoms with Gasteiger partial charge in [-0.15, -0.1) is 0 Å². The summed E-state index contributed by atoms with van der Waals surface area (Å²) >= 11 is 3.47. The van der Waals surface area contributed by atoms with Gasteiger partial charge in [-0.25, -0.2) is 4.98 Å². The first-order valence-electron chi connectivity index (χ1n) is 8.75. The molecule has 132 valence electrons. The molecule has 4 nitrogen and oxygen atoms in total. The number of aromatic nitrogens is 1. The van der Waals surface area contributed by atoms with Crippen molar-refractivity contribution < 1.29 is 4.79 Å². The number of hydrogen-bond acceptors (Lipinski definition) is 3. The van der Waals surface area contributed by atoms with Crippen molar-refractivity contribution in [1.82, 2.24) is 14.8 Å². The van der Waals surface area contributed by atoms with Crippen LogP contribution >= 0.6 is 15.9 Å². The van der Waals surface area contributed by atoms with E-state index in [4.69, 9.17) is 4.98 Å². The Labute approximate surface area is 161 Å². The van der Waals surface area contributed by atoms with Crippen LogP contribution in [-0.4, -0.2) is 53.9 Å². The highest BCUT2D eigenvalue weighted by Gasteiger charge is 2.23. The second kappa shape index (κ2) is 7.17. The molecule has 1 fully saturated rings. The second-order valence-corrected chi connectivity index (χ2v) is 7.59. The molecule has 26 heavy (non-hydrogen) atoms. The summed E-state index contributed by atoms with van der Waals surface area (Å²) in [4.78, 5) is 22.2. The number of pyridine rings is 1. The Balaban J connectivity index is 1.79. The molecule has 1 aliphatic heterocycles. The molecule has 2 aromatic carbocycles. The number of halogens is 1. The van der Waals surface area contributed by atoms with Crippen LogP contribution in [-0.2, 0) is 0 Å². The van der Waals surface area contributed by atoms with Crippen molar-refractivity contribution in [3.05, 3.63) is 64.6 Å². The zero-order valence-electron chi connectivity index (χ0n) is 14.7. The van der Waals surface area contributed by atoms with Gasteiger partial charge in [0.05, 0.1) is 16.8 Å². The minimum absolute atomic E-state index is 0.0926. The van der Waals surface area contributed by atoms with E-state index >= 15 is 0 Å². The molecular weight excluding hydrogens is 390 g/mol. The molecule has 3 aromatic rings. The van der Waals surface area contributed by atoms with E-state index in [-0.39, 0.29) is 5.91 Å². The third-order valence-electron chi connectivity index (χ3n) is 4.88. The first-order chi connectivity index (χ1) is 12.6. The topological polar surface area (TPSA) is 36.4 Å². The Morgan fingerprint density at radius 3 is 2.42 bits per heavy atom. The molecule has 5 heteroatoms. The fraction of sp³-hybridized carbons (Fsp3) is 0.238. The number of likely N-dealkylation sites (N-methyl/N-ethyl adjacent to an activating group) is 1. The molecule has 0 saturated carbocycles. The van der Waals surface area contributed by atoms with Gasteiger partial charge in [0.1, 0.15) is 0 Å². The van der Waals surface area contributed by atoms with E-state index in [0.29, 0.717) is 0 Å². The normalized spacial score (nSPS) is 15.4. The van der Waals surface area contributed by atoms with Crippen molar-refractivity contribution in [3.63, 3.8) is 0 Å². The average molecular weight is 410 g/mol. The predicted octanol–water partition coefficient (Wildman–Crippen LogP) is 4.05. The Kier molecular flexibility index (Phi) is 4.74. The van der Waals surface area contributed by atoms with E-state index in [1.54, 1.807) is 0 Å². The van der Waals surface area contributed by atoms with Gasteiger partial charge in [0.15, 0.2) is 0 Å². The van der Waals surface area contributed by atoms with Crippen LogP contribution < -0.4 is 0 Å². The highest BCUT2D eigenvalue weighted by atomic mass is 79.9. The summed E-state index contributed by atoms with van der Waals surface area (Å²) in [6.45, 7) is 3.35. The highest BCUT2D eigenvalue weighted by molar-refractivity contribution is 9.10. The molecule has 1 amide bonds. The molecule has 2 heterocycles. The van der Waals surface area contributed by atoms with Gasteiger partial charge >= 0.3 is 0 Å². The molecule has 4 rings (SSSR count). The zero-order chi connectivity index (χ0) is 18.1. The number of hydrogen-bond donors (Lipinski definition) is 0. The van der Waals surface area contributed by atoms with Crippen LogP contribution in [0.15, 0.2) is 59.1 Å². The summed E-state index contributed by atoms with van der Waals surface area (Å²) < 4.78 is 1.02. The van der Waals surface area contributed by atoms with Crippen LogP contribution in [0.4, 0.5) is 0 Å². The lowest BCUT2D eigenvalue weighted by Gasteiger charge is -2.32. The molecule has 0 aliphatic carbocycles. The van der Waals surface area contributed by atoms with Gasteiger partial charge in [-0.2, -0.15) is 0 Å². The fourth-order valence-corrected chi connectivity index (χ4v) is 3.57. The van der Waals surface area contributed by atoms with Gasteiger partial charge in [0.25, 0.3) is 5.91 Å². The van der Waals surface area contributed by atoms with Crippen LogP contribution in [0, 0.1) is 0 Å². The summed E-state index contributed by atoms with van der Waals surface area (Å²) in [5.74, 6) is 0.0926. The molecule has 1 aromatic heterocycles. The minimum Gasteiger partial charge on any atom is -0.336 e. The Morgan fingerprint density at radius 2 is 1.69 bits per heavy atom. The molecule has 0 atom stereocenters. The summed E-state index contributed by atoms with van der Waals surface area (Å²) in [5.41, 5.74) is 3.42. The highest BCUT2D eigenvalue weighted by Crippen LogP contribution is 2.27. The van der Waals surface area contributed by atoms with Gasteiger partial charge in [0.2, 0.25) is 0 Å². The molecule has 1 saturated heterocycles. The van der Waals surface area contributed by atoms with Crippen LogP contribution in [0.25, 0.3) is 22.2 Å². The summed E-state index contributed by atoms with van der Waals surface area (Å²) in [6.07, 6.45) is 0. The minimum atomic E-state index is 0.0926. The molecule has 0 N–H and O–H groups in total. The second-order valence-electron chi connectivity index (χ2n) is 6.67. The van der Waals surface area contributed by atoms with E-state index < -0.39 is 0 Å². The predicted molar refractivity (Wildman–Crippen MR) is 108 cm³/mol. The van der Waals surface area contributed by atoms with E-state index in [1.807, 2.05) is 59.5 Å². The number of amides is 1. The number of carbonyl (C=O) groups excluding carboxylic acids is 1. The van der Waals surface area contributed by atoms with Gasteiger partial charge in [-0.1, -0.05) is 46.3 Å². The number of nitrogens with zero attached hydrogens (tertiary/aromatic N) is 3. The SMILES string of the molecule is CN1CCN(C(=O)c2cc(-c3ccc(Br)cc3)nc3ccccc23)CC1. The van der Waals surface area contributed by atoms with Crippen molar-refractivity contribution in [2.75, 3.05) is 33.2 Å². The standard InChI is InChI=1S/C21H20BrN3O/c1-24-10-12-25(13-11-24)21(26)18-14-20(15-6-8-16(22)9-7-15)23-19-5-3-2-4-17(18)19/h2-9,14H,10-13H2,1H3. The maximum atomic E-state index is 13.2. The van der Waals surface area contributed by atoms with Crippen LogP contribution in [0.5, 0.6) is 0 Å². The van der Waals surface area contributed by atoms with Gasteiger partial charge in [-0.05, 0) is 31.3 Å². The monoisotopic (exact) mass is 409 g/mol. The number of para-hydroxylation sites is 1. The van der Waals surface area contributed by atoms with Crippen LogP contribution in [0.2, 0.25) is 0 Å². The fourth-order valence-electron chi connectivity index (χ4n) is 3.30. The largest absolute Gasteiger partial charge is 0.336 e. The van der Waals surface area contributed by atoms with Gasteiger partial charge < -0.3 is 9.80 Å². The van der Waals surface area contributed by atoms with E-state index in [9.17, 15) is 4.79 Å². The number of rotatable bonds is 2. The van der Waals surface area contributed by atoms with Crippen molar-refractivity contribution >= 4 is 32.7 Å². The van der Waals surface area contributed by atoms with Crippen molar-refractivity contribution in [1.29, 1.82) is 0 Å². The van der Waals surface area contributed by atoms with Crippen LogP contribution in [0.1, 0.15) is 10.4 Å². The molecule has 0 bridgehead atoms. The molecule has 0 radical (unpaired) electrons. The summed E-state index contributed by atoms with van der Waals surface area (Å²) in [6, 6.07) is 17.8. The van der Waals surface area contributed by atoms with E-state index in [2.05, 4.69) is 27.9 Å². The van der Waals surface area contributed by atoms with Gasteiger partial charge in [-0.3, -0.25) is 4.79 Å². The lowest BCUT2D eigenvalue weighted by atomic mass is 10.0. The van der Waals surface area contributed by atoms with Crippen LogP contribution in [0.3, 0.4) is 0 Å². The van der Waals surface area contributed by atoms with E-state index in [0.717, 1.165) is 58.4 Å². The zero-order valence-corrected chi connectivity index (χ0v) is 16.2.